The minimum atomic E-state index is 0.598. The summed E-state index contributed by atoms with van der Waals surface area (Å²) in [5.74, 6) is 0.598. The summed E-state index contributed by atoms with van der Waals surface area (Å²) in [6.07, 6.45) is 0. The highest BCUT2D eigenvalue weighted by molar-refractivity contribution is 6.19. The third kappa shape index (κ3) is 3.96. The Labute approximate surface area is 303 Å². The number of furan rings is 1. The highest BCUT2D eigenvalue weighted by Gasteiger charge is 2.30. The van der Waals surface area contributed by atoms with E-state index in [2.05, 4.69) is 161 Å². The predicted octanol–water partition coefficient (Wildman–Crippen LogP) is 12.9. The van der Waals surface area contributed by atoms with Gasteiger partial charge in [-0.15, -0.1) is 0 Å². The van der Waals surface area contributed by atoms with Gasteiger partial charge in [0.05, 0.1) is 22.4 Å². The molecule has 3 aromatic heterocycles. The van der Waals surface area contributed by atoms with Crippen molar-refractivity contribution in [1.29, 1.82) is 0 Å². The second-order valence-corrected chi connectivity index (χ2v) is 13.8. The molecule has 246 valence electrons. The van der Waals surface area contributed by atoms with Gasteiger partial charge in [0.25, 0.3) is 0 Å². The van der Waals surface area contributed by atoms with E-state index in [9.17, 15) is 0 Å². The number of anilines is 3. The number of hydrogen-bond donors (Lipinski definition) is 0. The van der Waals surface area contributed by atoms with Gasteiger partial charge in [-0.2, -0.15) is 0 Å². The molecular weight excluding hydrogens is 649 g/mol. The molecule has 53 heavy (non-hydrogen) atoms. The van der Waals surface area contributed by atoms with Gasteiger partial charge in [0.15, 0.2) is 5.58 Å². The zero-order chi connectivity index (χ0) is 34.6. The van der Waals surface area contributed by atoms with Gasteiger partial charge in [-0.1, -0.05) is 121 Å². The lowest BCUT2D eigenvalue weighted by Gasteiger charge is -2.32. The lowest BCUT2D eigenvalue weighted by Crippen LogP contribution is -2.18. The molecule has 1 aliphatic heterocycles. The molecule has 1 aliphatic rings. The largest absolute Gasteiger partial charge is 0.452 e. The molecule has 0 saturated heterocycles. The first kappa shape index (κ1) is 28.5. The van der Waals surface area contributed by atoms with Crippen LogP contribution in [0, 0.1) is 0 Å². The monoisotopic (exact) mass is 676 g/mol. The first-order chi connectivity index (χ1) is 26.3. The lowest BCUT2D eigenvalue weighted by atomic mass is 9.88. The smallest absolute Gasteiger partial charge is 0.236 e. The highest BCUT2D eigenvalue weighted by atomic mass is 16.3. The summed E-state index contributed by atoms with van der Waals surface area (Å²) in [5.41, 5.74) is 11.8. The summed E-state index contributed by atoms with van der Waals surface area (Å²) in [7, 11) is 0. The van der Waals surface area contributed by atoms with Crippen LogP contribution in [0.4, 0.5) is 17.3 Å². The van der Waals surface area contributed by atoms with Crippen LogP contribution < -0.4 is 4.90 Å². The first-order valence-corrected chi connectivity index (χ1v) is 17.9. The fourth-order valence-corrected chi connectivity index (χ4v) is 8.64. The van der Waals surface area contributed by atoms with E-state index < -0.39 is 0 Å². The Kier molecular flexibility index (Phi) is 5.71. The molecule has 5 nitrogen and oxygen atoms in total. The van der Waals surface area contributed by atoms with Gasteiger partial charge in [-0.25, -0.2) is 9.97 Å². The molecule has 0 radical (unpaired) electrons. The highest BCUT2D eigenvalue weighted by Crippen LogP contribution is 2.53. The van der Waals surface area contributed by atoms with Crippen molar-refractivity contribution in [2.45, 2.75) is 0 Å². The number of aromatic nitrogens is 3. The lowest BCUT2D eigenvalue weighted by molar-refractivity contribution is 0.667. The van der Waals surface area contributed by atoms with E-state index in [0.29, 0.717) is 11.5 Å². The van der Waals surface area contributed by atoms with E-state index in [1.54, 1.807) is 0 Å². The molecule has 8 aromatic carbocycles. The topological polar surface area (TPSA) is 47.1 Å². The van der Waals surface area contributed by atoms with Crippen molar-refractivity contribution >= 4 is 82.7 Å². The van der Waals surface area contributed by atoms with Crippen LogP contribution in [0.25, 0.3) is 93.5 Å². The molecule has 0 spiro atoms. The van der Waals surface area contributed by atoms with Crippen LogP contribution in [0.3, 0.4) is 0 Å². The fourth-order valence-electron chi connectivity index (χ4n) is 8.64. The molecule has 0 fully saturated rings. The molecule has 0 N–H and O–H groups in total. The second kappa shape index (κ2) is 10.6. The van der Waals surface area contributed by atoms with Crippen molar-refractivity contribution in [3.05, 3.63) is 170 Å². The number of fused-ring (bicyclic) bond motifs is 10. The summed E-state index contributed by atoms with van der Waals surface area (Å²) >= 11 is 0. The maximum absolute atomic E-state index is 6.66. The zero-order valence-electron chi connectivity index (χ0n) is 28.4. The number of hydrogen-bond acceptors (Lipinski definition) is 4. The minimum Gasteiger partial charge on any atom is -0.452 e. The Balaban J connectivity index is 1.19. The number of rotatable bonds is 3. The van der Waals surface area contributed by atoms with Crippen LogP contribution in [-0.2, 0) is 0 Å². The van der Waals surface area contributed by atoms with Crippen LogP contribution in [0.1, 0.15) is 0 Å². The quantitative estimate of drug-likeness (QED) is 0.187. The minimum absolute atomic E-state index is 0.598. The van der Waals surface area contributed by atoms with Gasteiger partial charge in [-0.3, -0.25) is 4.90 Å². The Bertz CT molecular complexity index is 3300. The van der Waals surface area contributed by atoms with Gasteiger partial charge < -0.3 is 8.98 Å². The Morgan fingerprint density at radius 1 is 0.491 bits per heavy atom. The third-order valence-electron chi connectivity index (χ3n) is 10.9. The van der Waals surface area contributed by atoms with Gasteiger partial charge in [0.2, 0.25) is 5.95 Å². The SMILES string of the molecule is c1ccc(-n2c3ccccc3c3ccc(-c4nc(N5c6ccc7ccccc7c6-c6cccc7cccc5c67)nc5c4oc4ccccc45)cc32)cc1. The summed E-state index contributed by atoms with van der Waals surface area (Å²) in [5, 5.41) is 8.12. The standard InChI is InChI=1S/C48H28N4O/c1-2-15-32(16-3-1)51-38-21-8-6-18-34(38)35-26-24-31(28-41(35)51)45-47-46(36-19-7-9-23-42(36)53-47)50-48(49-45)52-39-22-11-14-30-13-10-20-37(43(30)39)44-33-17-5-4-12-29(33)25-27-40(44)52/h1-28H. The van der Waals surface area contributed by atoms with Crippen LogP contribution in [0.15, 0.2) is 174 Å². The number of benzene rings is 8. The summed E-state index contributed by atoms with van der Waals surface area (Å²) in [6, 6.07) is 60.1. The molecule has 0 aliphatic carbocycles. The molecular formula is C48H28N4O. The molecule has 0 atom stereocenters. The number of nitrogens with zero attached hydrogens (tertiary/aromatic N) is 4. The maximum atomic E-state index is 6.66. The maximum Gasteiger partial charge on any atom is 0.236 e. The fraction of sp³-hybridized carbons (Fsp3) is 0. The average molecular weight is 677 g/mol. The van der Waals surface area contributed by atoms with E-state index in [4.69, 9.17) is 14.4 Å². The van der Waals surface area contributed by atoms with Crippen molar-refractivity contribution in [3.8, 4) is 28.1 Å². The van der Waals surface area contributed by atoms with Crippen LogP contribution in [0.5, 0.6) is 0 Å². The Morgan fingerprint density at radius 2 is 1.23 bits per heavy atom. The van der Waals surface area contributed by atoms with E-state index in [-0.39, 0.29) is 0 Å². The van der Waals surface area contributed by atoms with E-state index in [0.717, 1.165) is 55.8 Å². The summed E-state index contributed by atoms with van der Waals surface area (Å²) < 4.78 is 9.00. The predicted molar refractivity (Wildman–Crippen MR) is 218 cm³/mol. The average Bonchev–Trinajstić information content (AvgIpc) is 3.76. The van der Waals surface area contributed by atoms with E-state index >= 15 is 0 Å². The van der Waals surface area contributed by atoms with Gasteiger partial charge in [-0.05, 0) is 70.3 Å². The molecule has 0 unspecified atom stereocenters. The van der Waals surface area contributed by atoms with Crippen molar-refractivity contribution in [3.63, 3.8) is 0 Å². The number of para-hydroxylation sites is 3. The van der Waals surface area contributed by atoms with E-state index in [1.165, 1.54) is 43.4 Å². The molecule has 5 heteroatoms. The van der Waals surface area contributed by atoms with Gasteiger partial charge in [0, 0.05) is 38.4 Å². The molecule has 4 heterocycles. The van der Waals surface area contributed by atoms with Crippen molar-refractivity contribution in [2.75, 3.05) is 4.90 Å². The van der Waals surface area contributed by atoms with Crippen molar-refractivity contribution < 1.29 is 4.42 Å². The van der Waals surface area contributed by atoms with Crippen LogP contribution in [-0.4, -0.2) is 14.5 Å². The van der Waals surface area contributed by atoms with Crippen molar-refractivity contribution in [1.82, 2.24) is 14.5 Å². The van der Waals surface area contributed by atoms with Crippen molar-refractivity contribution in [2.24, 2.45) is 0 Å². The molecule has 0 bridgehead atoms. The van der Waals surface area contributed by atoms with E-state index in [1.807, 2.05) is 18.2 Å². The third-order valence-corrected chi connectivity index (χ3v) is 10.9. The molecule has 12 rings (SSSR count). The first-order valence-electron chi connectivity index (χ1n) is 17.9. The molecule has 0 saturated carbocycles. The second-order valence-electron chi connectivity index (χ2n) is 13.8. The molecule has 0 amide bonds. The van der Waals surface area contributed by atoms with Crippen LogP contribution in [0.2, 0.25) is 0 Å². The summed E-state index contributed by atoms with van der Waals surface area (Å²) in [6.45, 7) is 0. The normalized spacial score (nSPS) is 12.5. The van der Waals surface area contributed by atoms with Crippen LogP contribution >= 0.6 is 0 Å². The zero-order valence-corrected chi connectivity index (χ0v) is 28.4. The Morgan fingerprint density at radius 3 is 2.13 bits per heavy atom. The molecule has 11 aromatic rings. The summed E-state index contributed by atoms with van der Waals surface area (Å²) in [4.78, 5) is 13.1. The Hall–Kier alpha value is -7.24. The van der Waals surface area contributed by atoms with Gasteiger partial charge in [0.1, 0.15) is 16.8 Å². The van der Waals surface area contributed by atoms with Gasteiger partial charge >= 0.3 is 0 Å².